The van der Waals surface area contributed by atoms with Crippen molar-refractivity contribution >= 4 is 33.8 Å². The summed E-state index contributed by atoms with van der Waals surface area (Å²) in [6.45, 7) is 0.371. The van der Waals surface area contributed by atoms with Gasteiger partial charge in [-0.25, -0.2) is 19.4 Å². The Balaban J connectivity index is 1.33. The van der Waals surface area contributed by atoms with Crippen molar-refractivity contribution in [3.8, 4) is 5.69 Å². The smallest absolute Gasteiger partial charge is 0.325 e. The van der Waals surface area contributed by atoms with Crippen LogP contribution >= 0.6 is 0 Å². The number of nitrogens with zero attached hydrogens (tertiary/aromatic N) is 7. The van der Waals surface area contributed by atoms with E-state index >= 15 is 0 Å². The lowest BCUT2D eigenvalue weighted by atomic mass is 10.2. The van der Waals surface area contributed by atoms with Crippen molar-refractivity contribution in [2.24, 2.45) is 14.1 Å². The van der Waals surface area contributed by atoms with Crippen LogP contribution in [0.3, 0.4) is 0 Å². The summed E-state index contributed by atoms with van der Waals surface area (Å²) in [7, 11) is 2.97. The van der Waals surface area contributed by atoms with Gasteiger partial charge >= 0.3 is 5.69 Å². The molecule has 5 rings (SSSR count). The summed E-state index contributed by atoms with van der Waals surface area (Å²) in [5, 5.41) is 7.49. The van der Waals surface area contributed by atoms with E-state index in [0.29, 0.717) is 46.5 Å². The van der Waals surface area contributed by atoms with Gasteiger partial charge in [0.05, 0.1) is 30.2 Å². The van der Waals surface area contributed by atoms with Crippen LogP contribution in [0.1, 0.15) is 12.8 Å². The van der Waals surface area contributed by atoms with E-state index < -0.39 is 11.2 Å². The number of H-pyrrole nitrogens is 1. The minimum absolute atomic E-state index is 0.178. The molecule has 0 spiro atoms. The highest BCUT2D eigenvalue weighted by molar-refractivity contribution is 5.93. The number of benzene rings is 1. The number of aromatic nitrogens is 8. The zero-order valence-corrected chi connectivity index (χ0v) is 18.9. The Labute approximate surface area is 196 Å². The lowest BCUT2D eigenvalue weighted by Crippen LogP contribution is -2.37. The number of fused-ring (bicyclic) bond motifs is 2. The number of aryl methyl sites for hydroxylation is 2. The molecule has 1 aromatic carbocycles. The highest BCUT2D eigenvalue weighted by Gasteiger charge is 2.16. The fourth-order valence-corrected chi connectivity index (χ4v) is 3.99. The Morgan fingerprint density at radius 2 is 1.86 bits per heavy atom. The second kappa shape index (κ2) is 8.52. The predicted octanol–water partition coefficient (Wildman–Crippen LogP) is 0.275. The lowest BCUT2D eigenvalue weighted by Gasteiger charge is -2.12. The van der Waals surface area contributed by atoms with Gasteiger partial charge in [-0.3, -0.25) is 23.5 Å². The van der Waals surface area contributed by atoms with Gasteiger partial charge in [0.1, 0.15) is 5.39 Å². The fraction of sp³-hybridized carbons (Fsp3) is 0.227. The molecule has 13 nitrogen and oxygen atoms in total. The molecule has 4 aromatic heterocycles. The summed E-state index contributed by atoms with van der Waals surface area (Å²) >= 11 is 0. The molecule has 4 heterocycles. The number of imidazole rings is 1. The maximum Gasteiger partial charge on any atom is 0.332 e. The van der Waals surface area contributed by atoms with Crippen molar-refractivity contribution in [1.29, 1.82) is 0 Å². The van der Waals surface area contributed by atoms with Crippen molar-refractivity contribution in [2.75, 3.05) is 5.32 Å². The summed E-state index contributed by atoms with van der Waals surface area (Å²) in [4.78, 5) is 60.3. The van der Waals surface area contributed by atoms with Crippen molar-refractivity contribution in [3.63, 3.8) is 0 Å². The number of hydrogen-bond acceptors (Lipinski definition) is 7. The minimum atomic E-state index is -0.449. The van der Waals surface area contributed by atoms with Gasteiger partial charge in [0, 0.05) is 27.1 Å². The van der Waals surface area contributed by atoms with Gasteiger partial charge in [0.15, 0.2) is 16.8 Å². The molecular formula is C22H21N9O4. The zero-order valence-electron chi connectivity index (χ0n) is 18.9. The predicted molar refractivity (Wildman–Crippen MR) is 128 cm³/mol. The molecule has 0 aliphatic heterocycles. The van der Waals surface area contributed by atoms with E-state index in [2.05, 4.69) is 25.4 Å². The zero-order chi connectivity index (χ0) is 24.7. The summed E-state index contributed by atoms with van der Waals surface area (Å²) < 4.78 is 5.50. The summed E-state index contributed by atoms with van der Waals surface area (Å²) in [5.41, 5.74) is 0.890. The number of amides is 1. The molecule has 0 fully saturated rings. The molecule has 178 valence electrons. The number of aromatic amines is 1. The van der Waals surface area contributed by atoms with Crippen LogP contribution < -0.4 is 22.1 Å². The van der Waals surface area contributed by atoms with Gasteiger partial charge in [0.25, 0.3) is 11.1 Å². The second-order valence-corrected chi connectivity index (χ2v) is 8.01. The number of carbonyl (C=O) groups is 1. The van der Waals surface area contributed by atoms with E-state index in [1.54, 1.807) is 35.9 Å². The SMILES string of the molecule is Cn1c(=O)c2c(ncn2CCCC(=O)Nc2ccccc2-n2ncc3c(=O)[nH]cnc32)n(C)c1=O. The normalized spacial score (nSPS) is 11.4. The van der Waals surface area contributed by atoms with E-state index in [1.807, 2.05) is 0 Å². The van der Waals surface area contributed by atoms with E-state index in [9.17, 15) is 19.2 Å². The van der Waals surface area contributed by atoms with E-state index in [0.717, 1.165) is 4.57 Å². The van der Waals surface area contributed by atoms with Crippen molar-refractivity contribution in [3.05, 3.63) is 74.3 Å². The highest BCUT2D eigenvalue weighted by Crippen LogP contribution is 2.22. The highest BCUT2D eigenvalue weighted by atomic mass is 16.2. The van der Waals surface area contributed by atoms with Crippen LogP contribution in [0.5, 0.6) is 0 Å². The molecule has 0 saturated heterocycles. The van der Waals surface area contributed by atoms with Crippen LogP contribution in [-0.2, 0) is 25.4 Å². The number of hydrogen-bond donors (Lipinski definition) is 2. The Morgan fingerprint density at radius 1 is 1.06 bits per heavy atom. The van der Waals surface area contributed by atoms with Crippen LogP contribution in [0, 0.1) is 0 Å². The Hall–Kier alpha value is -4.81. The average Bonchev–Trinajstić information content (AvgIpc) is 3.47. The van der Waals surface area contributed by atoms with E-state index in [-0.39, 0.29) is 17.9 Å². The molecule has 0 unspecified atom stereocenters. The van der Waals surface area contributed by atoms with Crippen LogP contribution in [-0.4, -0.2) is 44.3 Å². The maximum absolute atomic E-state index is 12.7. The Kier molecular flexibility index (Phi) is 5.35. The number of anilines is 1. The molecule has 0 atom stereocenters. The van der Waals surface area contributed by atoms with Crippen LogP contribution in [0.2, 0.25) is 0 Å². The van der Waals surface area contributed by atoms with Crippen LogP contribution in [0.4, 0.5) is 5.69 Å². The summed E-state index contributed by atoms with van der Waals surface area (Å²) in [6.07, 6.45) is 4.84. The average molecular weight is 475 g/mol. The first-order valence-corrected chi connectivity index (χ1v) is 10.8. The molecule has 0 aliphatic rings. The van der Waals surface area contributed by atoms with Crippen molar-refractivity contribution in [1.82, 2.24) is 38.4 Å². The summed E-state index contributed by atoms with van der Waals surface area (Å²) in [5.74, 6) is -0.232. The van der Waals surface area contributed by atoms with Crippen molar-refractivity contribution < 1.29 is 4.79 Å². The molecule has 0 radical (unpaired) electrons. The van der Waals surface area contributed by atoms with Gasteiger partial charge in [0.2, 0.25) is 5.91 Å². The largest absolute Gasteiger partial charge is 0.332 e. The van der Waals surface area contributed by atoms with Gasteiger partial charge in [-0.15, -0.1) is 0 Å². The van der Waals surface area contributed by atoms with Gasteiger partial charge in [-0.1, -0.05) is 12.1 Å². The lowest BCUT2D eigenvalue weighted by molar-refractivity contribution is -0.116. The fourth-order valence-electron chi connectivity index (χ4n) is 3.99. The number of para-hydroxylation sites is 2. The third-order valence-electron chi connectivity index (χ3n) is 5.80. The van der Waals surface area contributed by atoms with Crippen molar-refractivity contribution in [2.45, 2.75) is 19.4 Å². The second-order valence-electron chi connectivity index (χ2n) is 8.01. The molecular weight excluding hydrogens is 454 g/mol. The molecule has 5 aromatic rings. The molecule has 2 N–H and O–H groups in total. The van der Waals surface area contributed by atoms with E-state index in [4.69, 9.17) is 0 Å². The Morgan fingerprint density at radius 3 is 2.69 bits per heavy atom. The number of nitrogens with one attached hydrogen (secondary N) is 2. The van der Waals surface area contributed by atoms with Crippen LogP contribution in [0.25, 0.3) is 27.9 Å². The molecule has 0 bridgehead atoms. The van der Waals surface area contributed by atoms with Gasteiger partial charge in [-0.05, 0) is 18.6 Å². The minimum Gasteiger partial charge on any atom is -0.325 e. The molecule has 0 saturated carbocycles. The summed E-state index contributed by atoms with van der Waals surface area (Å²) in [6, 6.07) is 7.08. The number of carbonyl (C=O) groups excluding carboxylic acids is 1. The van der Waals surface area contributed by atoms with E-state index in [1.165, 1.54) is 35.1 Å². The molecule has 13 heteroatoms. The Bertz CT molecular complexity index is 1770. The maximum atomic E-state index is 12.7. The topological polar surface area (TPSA) is 154 Å². The quantitative estimate of drug-likeness (QED) is 0.357. The monoisotopic (exact) mass is 475 g/mol. The standard InChI is InChI=1S/C22H21N9O4/c1-28-19-17(21(34)29(2)22(28)35)30(12-25-19)9-5-8-16(32)27-14-6-3-4-7-15(14)31-18-13(10-26-31)20(33)24-11-23-18/h3-4,6-7,10-12H,5,8-9H2,1-2H3,(H,27,32)(H,23,24,33). The first-order chi connectivity index (χ1) is 16.9. The van der Waals surface area contributed by atoms with Gasteiger partial charge in [-0.2, -0.15) is 5.10 Å². The third-order valence-corrected chi connectivity index (χ3v) is 5.80. The first-order valence-electron chi connectivity index (χ1n) is 10.8. The molecule has 0 aliphatic carbocycles. The van der Waals surface area contributed by atoms with Crippen LogP contribution in [0.15, 0.2) is 57.5 Å². The first kappa shape index (κ1) is 22.0. The van der Waals surface area contributed by atoms with Gasteiger partial charge < -0.3 is 14.9 Å². The molecule has 35 heavy (non-hydrogen) atoms. The third kappa shape index (κ3) is 3.72. The number of rotatable bonds is 6. The molecule has 1 amide bonds.